The van der Waals surface area contributed by atoms with Crippen molar-refractivity contribution in [3.63, 3.8) is 0 Å². The van der Waals surface area contributed by atoms with Crippen molar-refractivity contribution < 1.29 is 37.0 Å². The molecular weight excluding hydrogens is 751 g/mol. The molecule has 2 amide bonds. The van der Waals surface area contributed by atoms with Crippen LogP contribution in [0.3, 0.4) is 0 Å². The van der Waals surface area contributed by atoms with Crippen LogP contribution >= 0.6 is 22.1 Å². The molecule has 2 aliphatic carbocycles. The van der Waals surface area contributed by atoms with Crippen molar-refractivity contribution in [2.45, 2.75) is 88.5 Å². The highest BCUT2D eigenvalue weighted by molar-refractivity contribution is 8.24. The Balaban J connectivity index is 1.01. The van der Waals surface area contributed by atoms with Gasteiger partial charge in [0.05, 0.1) is 29.7 Å². The molecule has 56 heavy (non-hydrogen) atoms. The Morgan fingerprint density at radius 3 is 2.23 bits per heavy atom. The molecule has 2 heterocycles. The van der Waals surface area contributed by atoms with Crippen LogP contribution in [0.15, 0.2) is 77.7 Å². The number of fused-ring (bicyclic) bond motifs is 1. The normalized spacial score (nSPS) is 16.3. The number of hydrogen-bond donors (Lipinski definition) is 2. The second kappa shape index (κ2) is 18.2. The lowest BCUT2D eigenvalue weighted by Gasteiger charge is -2.56. The first-order valence-corrected chi connectivity index (χ1v) is 21.7. The standard InChI is InChI=1S/C43H49N3O8S2/c1-3-52-38(47)15-8-26-46(34-24-25-34)56(53-28-54-56)35-12-7-11-32(27-35)40(48)45-42-39(36-13-4-5-14-37(36)55-42)41(49)44-33-22-18-30(19-23-33)10-6-9-29-16-20-31(21-17-29)43(50)51-2/h7,11-12,16-23,27,34H,3-6,8-10,13-15,24-26,28H2,1-2H3,(H,44,49)(H,45,48). The summed E-state index contributed by atoms with van der Waals surface area (Å²) in [6, 6.07) is 23.1. The molecule has 1 saturated carbocycles. The predicted octanol–water partition coefficient (Wildman–Crippen LogP) is 8.81. The summed E-state index contributed by atoms with van der Waals surface area (Å²) in [6.07, 6.45) is 9.38. The number of anilines is 2. The molecular formula is C43H49N3O8S2. The Bertz CT molecular complexity index is 2040. The summed E-state index contributed by atoms with van der Waals surface area (Å²) in [6.45, 7) is 2.95. The molecule has 0 bridgehead atoms. The van der Waals surface area contributed by atoms with Gasteiger partial charge in [-0.05, 0) is 130 Å². The van der Waals surface area contributed by atoms with Crippen molar-refractivity contribution in [2.24, 2.45) is 0 Å². The number of carbonyl (C=O) groups is 4. The number of aryl methyl sites for hydroxylation is 3. The van der Waals surface area contributed by atoms with Gasteiger partial charge in [-0.1, -0.05) is 41.1 Å². The Hall–Kier alpha value is -4.53. The zero-order chi connectivity index (χ0) is 39.1. The van der Waals surface area contributed by atoms with Crippen LogP contribution in [0.5, 0.6) is 0 Å². The van der Waals surface area contributed by atoms with E-state index in [0.717, 1.165) is 84.3 Å². The minimum Gasteiger partial charge on any atom is -0.466 e. The number of thiophene rings is 1. The monoisotopic (exact) mass is 799 g/mol. The lowest BCUT2D eigenvalue weighted by Crippen LogP contribution is -2.40. The number of esters is 2. The van der Waals surface area contributed by atoms with Gasteiger partial charge in [0.25, 0.3) is 11.8 Å². The fraction of sp³-hybridized carbons (Fsp3) is 0.395. The van der Waals surface area contributed by atoms with E-state index in [1.165, 1.54) is 18.4 Å². The zero-order valence-corrected chi connectivity index (χ0v) is 33.6. The maximum Gasteiger partial charge on any atom is 0.337 e. The molecule has 1 aromatic heterocycles. The van der Waals surface area contributed by atoms with Gasteiger partial charge in [0.2, 0.25) is 0 Å². The minimum absolute atomic E-state index is 0.171. The molecule has 0 atom stereocenters. The van der Waals surface area contributed by atoms with Crippen LogP contribution in [0.25, 0.3) is 0 Å². The topological polar surface area (TPSA) is 132 Å². The number of ether oxygens (including phenoxy) is 2. The first-order valence-electron chi connectivity index (χ1n) is 19.5. The summed E-state index contributed by atoms with van der Waals surface area (Å²) < 4.78 is 24.6. The van der Waals surface area contributed by atoms with E-state index in [0.29, 0.717) is 59.4 Å². The van der Waals surface area contributed by atoms with Crippen LogP contribution in [-0.4, -0.2) is 61.2 Å². The van der Waals surface area contributed by atoms with E-state index in [1.807, 2.05) is 54.6 Å². The molecule has 2 fully saturated rings. The maximum absolute atomic E-state index is 14.0. The van der Waals surface area contributed by atoms with Crippen molar-refractivity contribution in [3.05, 3.63) is 111 Å². The maximum atomic E-state index is 14.0. The number of nitrogens with zero attached hydrogens (tertiary/aromatic N) is 1. The summed E-state index contributed by atoms with van der Waals surface area (Å²) in [5.74, 6) is -1.10. The van der Waals surface area contributed by atoms with Crippen molar-refractivity contribution in [1.82, 2.24) is 4.31 Å². The van der Waals surface area contributed by atoms with Gasteiger partial charge in [-0.2, -0.15) is 4.31 Å². The van der Waals surface area contributed by atoms with E-state index in [-0.39, 0.29) is 30.5 Å². The first kappa shape index (κ1) is 39.7. The van der Waals surface area contributed by atoms with E-state index in [4.69, 9.17) is 17.8 Å². The Kier molecular flexibility index (Phi) is 12.9. The van der Waals surface area contributed by atoms with Gasteiger partial charge in [0, 0.05) is 35.1 Å². The van der Waals surface area contributed by atoms with Gasteiger partial charge in [-0.15, -0.1) is 11.3 Å². The van der Waals surface area contributed by atoms with Crippen LogP contribution in [-0.2, 0) is 48.3 Å². The largest absolute Gasteiger partial charge is 0.466 e. The number of methoxy groups -OCH3 is 1. The average Bonchev–Trinajstić information content (AvgIpc) is 3.97. The Labute approximate surface area is 333 Å². The third kappa shape index (κ3) is 9.19. The summed E-state index contributed by atoms with van der Waals surface area (Å²) in [4.78, 5) is 53.6. The molecule has 1 saturated heterocycles. The first-order chi connectivity index (χ1) is 27.3. The summed E-state index contributed by atoms with van der Waals surface area (Å²) in [5, 5.41) is 6.75. The third-order valence-corrected chi connectivity index (χ3v) is 14.3. The van der Waals surface area contributed by atoms with Crippen molar-refractivity contribution in [2.75, 3.05) is 37.7 Å². The molecule has 13 heteroatoms. The van der Waals surface area contributed by atoms with E-state index in [9.17, 15) is 19.2 Å². The number of amides is 2. The number of benzene rings is 3. The second-order valence-corrected chi connectivity index (χ2v) is 17.7. The Morgan fingerprint density at radius 2 is 1.57 bits per heavy atom. The van der Waals surface area contributed by atoms with Crippen LogP contribution < -0.4 is 10.6 Å². The molecule has 2 N–H and O–H groups in total. The summed E-state index contributed by atoms with van der Waals surface area (Å²) in [7, 11) is -0.873. The Morgan fingerprint density at radius 1 is 0.857 bits per heavy atom. The third-order valence-electron chi connectivity index (χ3n) is 10.3. The molecule has 296 valence electrons. The lowest BCUT2D eigenvalue weighted by atomic mass is 9.95. The molecule has 0 unspecified atom stereocenters. The molecule has 11 nitrogen and oxygen atoms in total. The van der Waals surface area contributed by atoms with Crippen molar-refractivity contribution in [1.29, 1.82) is 0 Å². The molecule has 4 aromatic rings. The van der Waals surface area contributed by atoms with Gasteiger partial charge >= 0.3 is 11.9 Å². The van der Waals surface area contributed by atoms with Gasteiger partial charge in [0.15, 0.2) is 6.79 Å². The van der Waals surface area contributed by atoms with Gasteiger partial charge in [0.1, 0.15) is 5.00 Å². The highest BCUT2D eigenvalue weighted by Gasteiger charge is 2.46. The van der Waals surface area contributed by atoms with E-state index in [1.54, 1.807) is 25.1 Å². The number of rotatable bonds is 17. The average molecular weight is 800 g/mol. The highest BCUT2D eigenvalue weighted by atomic mass is 32.3. The molecule has 0 spiro atoms. The van der Waals surface area contributed by atoms with Gasteiger partial charge in [-0.25, -0.2) is 13.2 Å². The molecule has 1 aliphatic heterocycles. The van der Waals surface area contributed by atoms with Crippen molar-refractivity contribution in [3.8, 4) is 0 Å². The van der Waals surface area contributed by atoms with Crippen LogP contribution in [0.2, 0.25) is 0 Å². The van der Waals surface area contributed by atoms with Gasteiger partial charge < -0.3 is 20.1 Å². The molecule has 3 aliphatic rings. The van der Waals surface area contributed by atoms with Crippen LogP contribution in [0.1, 0.15) is 105 Å². The quantitative estimate of drug-likeness (QED) is 0.101. The SMILES string of the molecule is CCOC(=O)CCCN(C1CC1)S1(c2cccc(C(=O)Nc3sc4c(c3C(=O)Nc3ccc(CCCc5ccc(C(=O)OC)cc5)cc3)CCCC4)c2)OCO1. The number of hydrogen-bond acceptors (Lipinski definition) is 10. The lowest BCUT2D eigenvalue weighted by molar-refractivity contribution is -0.143. The predicted molar refractivity (Wildman–Crippen MR) is 218 cm³/mol. The fourth-order valence-corrected chi connectivity index (χ4v) is 11.1. The van der Waals surface area contributed by atoms with Crippen LogP contribution in [0.4, 0.5) is 10.7 Å². The zero-order valence-electron chi connectivity index (χ0n) is 31.9. The van der Waals surface area contributed by atoms with E-state index >= 15 is 0 Å². The molecule has 0 radical (unpaired) electrons. The number of carbonyl (C=O) groups excluding carboxylic acids is 4. The van der Waals surface area contributed by atoms with E-state index < -0.39 is 10.8 Å². The number of nitrogens with one attached hydrogen (secondary N) is 2. The van der Waals surface area contributed by atoms with Gasteiger partial charge in [-0.3, -0.25) is 14.4 Å². The second-order valence-electron chi connectivity index (χ2n) is 14.2. The molecule has 7 rings (SSSR count). The minimum atomic E-state index is -2.25. The summed E-state index contributed by atoms with van der Waals surface area (Å²) >= 11 is 1.49. The smallest absolute Gasteiger partial charge is 0.337 e. The van der Waals surface area contributed by atoms with Crippen molar-refractivity contribution >= 4 is 56.6 Å². The van der Waals surface area contributed by atoms with E-state index in [2.05, 4.69) is 14.9 Å². The fourth-order valence-electron chi connectivity index (χ4n) is 7.26. The summed E-state index contributed by atoms with van der Waals surface area (Å²) in [5.41, 5.74) is 5.54. The highest BCUT2D eigenvalue weighted by Crippen LogP contribution is 2.68. The molecule has 3 aromatic carbocycles. The van der Waals surface area contributed by atoms with Crippen LogP contribution in [0, 0.1) is 0 Å².